The lowest BCUT2D eigenvalue weighted by Crippen LogP contribution is -2.28. The molecule has 3 rings (SSSR count). The summed E-state index contributed by atoms with van der Waals surface area (Å²) in [6, 6.07) is 12.4. The lowest BCUT2D eigenvalue weighted by Gasteiger charge is -2.08. The maximum atomic E-state index is 12.1. The van der Waals surface area contributed by atoms with E-state index in [-0.39, 0.29) is 6.54 Å². The average molecular weight is 390 g/mol. The smallest absolute Gasteiger partial charge is 0.250 e. The molecule has 26 heavy (non-hydrogen) atoms. The number of nitrogens with zero attached hydrogens (tertiary/aromatic N) is 3. The first-order valence-corrected chi connectivity index (χ1v) is 10.1. The van der Waals surface area contributed by atoms with Crippen LogP contribution in [0.5, 0.6) is 0 Å². The van der Waals surface area contributed by atoms with Gasteiger partial charge in [-0.1, -0.05) is 6.07 Å². The molecule has 0 unspecified atom stereocenters. The lowest BCUT2D eigenvalue weighted by atomic mass is 10.4. The summed E-state index contributed by atoms with van der Waals surface area (Å²) < 4.78 is 27.1. The molecule has 0 bridgehead atoms. The van der Waals surface area contributed by atoms with Crippen LogP contribution >= 0.6 is 11.3 Å². The van der Waals surface area contributed by atoms with Gasteiger partial charge in [0.05, 0.1) is 0 Å². The highest BCUT2D eigenvalue weighted by Gasteiger charge is 2.15. The Bertz CT molecular complexity index is 942. The summed E-state index contributed by atoms with van der Waals surface area (Å²) in [7, 11) is -3.46. The van der Waals surface area contributed by atoms with E-state index in [1.807, 2.05) is 25.1 Å². The van der Waals surface area contributed by atoms with Gasteiger partial charge < -0.3 is 10.6 Å². The number of pyridine rings is 1. The van der Waals surface area contributed by atoms with Gasteiger partial charge in [0.2, 0.25) is 10.0 Å². The maximum absolute atomic E-state index is 12.1. The van der Waals surface area contributed by atoms with Crippen LogP contribution in [0.15, 0.2) is 52.9 Å². The molecule has 0 fully saturated rings. The monoisotopic (exact) mass is 390 g/mol. The predicted octanol–water partition coefficient (Wildman–Crippen LogP) is 2.38. The van der Waals surface area contributed by atoms with Crippen LogP contribution in [-0.4, -0.2) is 36.7 Å². The highest BCUT2D eigenvalue weighted by molar-refractivity contribution is 7.91. The van der Waals surface area contributed by atoms with Gasteiger partial charge in [-0.15, -0.1) is 21.5 Å². The lowest BCUT2D eigenvalue weighted by molar-refractivity contribution is 0.585. The van der Waals surface area contributed by atoms with Crippen LogP contribution in [0.4, 0.5) is 17.5 Å². The third-order valence-corrected chi connectivity index (χ3v) is 6.24. The minimum absolute atomic E-state index is 0.245. The summed E-state index contributed by atoms with van der Waals surface area (Å²) >= 11 is 1.25. The molecule has 0 spiro atoms. The van der Waals surface area contributed by atoms with Crippen molar-refractivity contribution >= 4 is 38.8 Å². The number of aryl methyl sites for hydroxylation is 1. The van der Waals surface area contributed by atoms with Gasteiger partial charge in [-0.3, -0.25) is 0 Å². The van der Waals surface area contributed by atoms with Crippen molar-refractivity contribution in [1.82, 2.24) is 19.9 Å². The van der Waals surface area contributed by atoms with E-state index in [4.69, 9.17) is 0 Å². The summed E-state index contributed by atoms with van der Waals surface area (Å²) in [6.07, 6.45) is 1.68. The zero-order chi connectivity index (χ0) is 18.4. The number of hydrogen-bond donors (Lipinski definition) is 3. The van der Waals surface area contributed by atoms with Crippen molar-refractivity contribution in [2.45, 2.75) is 11.1 Å². The van der Waals surface area contributed by atoms with Gasteiger partial charge in [-0.2, -0.15) is 0 Å². The number of thiophene rings is 1. The largest absolute Gasteiger partial charge is 0.367 e. The Morgan fingerprint density at radius 1 is 0.962 bits per heavy atom. The molecule has 3 aromatic heterocycles. The Morgan fingerprint density at radius 3 is 2.42 bits per heavy atom. The first kappa shape index (κ1) is 18.2. The van der Waals surface area contributed by atoms with E-state index in [2.05, 4.69) is 30.5 Å². The highest BCUT2D eigenvalue weighted by atomic mass is 32.2. The van der Waals surface area contributed by atoms with Crippen molar-refractivity contribution in [3.63, 3.8) is 0 Å². The van der Waals surface area contributed by atoms with Crippen LogP contribution in [0.1, 0.15) is 4.88 Å². The normalized spacial score (nSPS) is 11.3. The van der Waals surface area contributed by atoms with Crippen molar-refractivity contribution in [2.75, 3.05) is 23.7 Å². The van der Waals surface area contributed by atoms with Gasteiger partial charge in [0, 0.05) is 24.2 Å². The molecule has 0 aromatic carbocycles. The van der Waals surface area contributed by atoms with Gasteiger partial charge in [0.1, 0.15) is 15.8 Å². The standard InChI is InChI=1S/C16H18N6O2S2/c1-12-5-8-16(25-12)26(23,24)19-11-10-18-14-6-7-15(22-21-14)20-13-4-2-3-9-17-13/h2-9,19H,10-11H2,1H3,(H,18,21)(H,17,20,22). The maximum Gasteiger partial charge on any atom is 0.250 e. The summed E-state index contributed by atoms with van der Waals surface area (Å²) in [5.41, 5.74) is 0. The fraction of sp³-hybridized carbons (Fsp3) is 0.188. The number of aromatic nitrogens is 3. The van der Waals surface area contributed by atoms with Crippen molar-refractivity contribution < 1.29 is 8.42 Å². The zero-order valence-electron chi connectivity index (χ0n) is 14.0. The summed E-state index contributed by atoms with van der Waals surface area (Å²) in [5, 5.41) is 14.2. The van der Waals surface area contributed by atoms with E-state index in [1.54, 1.807) is 30.5 Å². The third kappa shape index (κ3) is 4.97. The van der Waals surface area contributed by atoms with Crippen LogP contribution in [-0.2, 0) is 10.0 Å². The Hall–Kier alpha value is -2.56. The minimum atomic E-state index is -3.46. The molecule has 8 nitrogen and oxygen atoms in total. The van der Waals surface area contributed by atoms with Gasteiger partial charge >= 0.3 is 0 Å². The molecule has 0 aliphatic carbocycles. The molecule has 3 aromatic rings. The second-order valence-corrected chi connectivity index (χ2v) is 8.62. The minimum Gasteiger partial charge on any atom is -0.367 e. The summed E-state index contributed by atoms with van der Waals surface area (Å²) in [5.74, 6) is 1.81. The van der Waals surface area contributed by atoms with Crippen LogP contribution < -0.4 is 15.4 Å². The predicted molar refractivity (Wildman–Crippen MR) is 102 cm³/mol. The van der Waals surface area contributed by atoms with Crippen LogP contribution in [0, 0.1) is 6.92 Å². The second-order valence-electron chi connectivity index (χ2n) is 5.33. The second kappa shape index (κ2) is 8.21. The van der Waals surface area contributed by atoms with E-state index in [0.29, 0.717) is 28.2 Å². The molecule has 0 aliphatic heterocycles. The average Bonchev–Trinajstić information content (AvgIpc) is 3.08. The van der Waals surface area contributed by atoms with E-state index >= 15 is 0 Å². The molecule has 3 N–H and O–H groups in total. The van der Waals surface area contributed by atoms with Crippen molar-refractivity contribution in [3.05, 3.63) is 53.5 Å². The van der Waals surface area contributed by atoms with Crippen LogP contribution in [0.25, 0.3) is 0 Å². The summed E-state index contributed by atoms with van der Waals surface area (Å²) in [6.45, 7) is 2.51. The fourth-order valence-electron chi connectivity index (χ4n) is 2.06. The van der Waals surface area contributed by atoms with Gasteiger partial charge in [0.15, 0.2) is 5.82 Å². The number of hydrogen-bond acceptors (Lipinski definition) is 8. The molecular weight excluding hydrogens is 372 g/mol. The van der Waals surface area contributed by atoms with Crippen LogP contribution in [0.2, 0.25) is 0 Å². The summed E-state index contributed by atoms with van der Waals surface area (Å²) in [4.78, 5) is 5.10. The third-order valence-electron chi connectivity index (χ3n) is 3.29. The van der Waals surface area contributed by atoms with Crippen molar-refractivity contribution in [3.8, 4) is 0 Å². The van der Waals surface area contributed by atoms with Crippen molar-refractivity contribution in [1.29, 1.82) is 0 Å². The molecule has 0 atom stereocenters. The number of anilines is 3. The van der Waals surface area contributed by atoms with E-state index < -0.39 is 10.0 Å². The molecule has 0 amide bonds. The Kier molecular flexibility index (Phi) is 5.76. The zero-order valence-corrected chi connectivity index (χ0v) is 15.6. The van der Waals surface area contributed by atoms with E-state index in [9.17, 15) is 8.42 Å². The van der Waals surface area contributed by atoms with E-state index in [0.717, 1.165) is 4.88 Å². The molecule has 3 heterocycles. The van der Waals surface area contributed by atoms with Crippen LogP contribution in [0.3, 0.4) is 0 Å². The van der Waals surface area contributed by atoms with Gasteiger partial charge in [-0.05, 0) is 43.3 Å². The van der Waals surface area contributed by atoms with Crippen molar-refractivity contribution in [2.24, 2.45) is 0 Å². The highest BCUT2D eigenvalue weighted by Crippen LogP contribution is 2.20. The molecule has 136 valence electrons. The van der Waals surface area contributed by atoms with Gasteiger partial charge in [-0.25, -0.2) is 18.1 Å². The Morgan fingerprint density at radius 2 is 1.77 bits per heavy atom. The fourth-order valence-corrected chi connectivity index (χ4v) is 4.42. The Balaban J connectivity index is 1.46. The number of sulfonamides is 1. The molecular formula is C16H18N6O2S2. The number of nitrogens with one attached hydrogen (secondary N) is 3. The molecule has 0 saturated carbocycles. The molecule has 0 radical (unpaired) electrons. The topological polar surface area (TPSA) is 109 Å². The van der Waals surface area contributed by atoms with Gasteiger partial charge in [0.25, 0.3) is 0 Å². The first-order valence-electron chi connectivity index (χ1n) is 7.85. The number of rotatable bonds is 8. The van der Waals surface area contributed by atoms with E-state index in [1.165, 1.54) is 11.3 Å². The quantitative estimate of drug-likeness (QED) is 0.507. The molecule has 0 saturated heterocycles. The molecule has 10 heteroatoms. The first-order chi connectivity index (χ1) is 12.5. The molecule has 0 aliphatic rings. The Labute approximate surface area is 155 Å². The SMILES string of the molecule is Cc1ccc(S(=O)(=O)NCCNc2ccc(Nc3ccccn3)nn2)s1.